The van der Waals surface area contributed by atoms with E-state index in [2.05, 4.69) is 15.8 Å². The van der Waals surface area contributed by atoms with Gasteiger partial charge in [-0.2, -0.15) is 5.10 Å². The van der Waals surface area contributed by atoms with Crippen LogP contribution in [-0.4, -0.2) is 35.2 Å². The summed E-state index contributed by atoms with van der Waals surface area (Å²) in [5.41, 5.74) is 3.73. The second-order valence-electron chi connectivity index (χ2n) is 6.99. The lowest BCUT2D eigenvalue weighted by molar-refractivity contribution is -0.115. The first-order chi connectivity index (χ1) is 15.4. The summed E-state index contributed by atoms with van der Waals surface area (Å²) in [6, 6.07) is 16.7. The van der Waals surface area contributed by atoms with E-state index in [0.29, 0.717) is 22.3 Å². The summed E-state index contributed by atoms with van der Waals surface area (Å²) in [5.74, 6) is -1.47. The van der Waals surface area contributed by atoms with Crippen LogP contribution in [0.2, 0.25) is 0 Å². The van der Waals surface area contributed by atoms with E-state index in [1.807, 2.05) is 12.1 Å². The number of esters is 1. The van der Waals surface area contributed by atoms with Gasteiger partial charge in [0.05, 0.1) is 24.2 Å². The fourth-order valence-corrected chi connectivity index (χ4v) is 3.03. The summed E-state index contributed by atoms with van der Waals surface area (Å²) < 4.78 is 4.92. The number of benzene rings is 3. The van der Waals surface area contributed by atoms with Crippen LogP contribution in [-0.2, 0) is 9.53 Å². The SMILES string of the molecule is CCOC(=O)c1ccc(NC(=O)C/C(C)=N\NC(=O)c2ccc3ccccc3c2O)cc1. The molecule has 0 aliphatic carbocycles. The van der Waals surface area contributed by atoms with Gasteiger partial charge in [0, 0.05) is 16.8 Å². The number of anilines is 1. The van der Waals surface area contributed by atoms with E-state index < -0.39 is 11.9 Å². The first-order valence-electron chi connectivity index (χ1n) is 10.00. The zero-order valence-electron chi connectivity index (χ0n) is 17.7. The predicted molar refractivity (Wildman–Crippen MR) is 122 cm³/mol. The molecular formula is C24H23N3O5. The van der Waals surface area contributed by atoms with Crippen molar-refractivity contribution in [2.75, 3.05) is 11.9 Å². The normalized spacial score (nSPS) is 11.1. The molecule has 2 amide bonds. The zero-order chi connectivity index (χ0) is 23.1. The summed E-state index contributed by atoms with van der Waals surface area (Å²) >= 11 is 0. The van der Waals surface area contributed by atoms with Crippen molar-refractivity contribution in [2.24, 2.45) is 5.10 Å². The minimum atomic E-state index is -0.581. The second-order valence-corrected chi connectivity index (χ2v) is 6.99. The molecule has 164 valence electrons. The molecule has 0 atom stereocenters. The summed E-state index contributed by atoms with van der Waals surface area (Å²) in [6.45, 7) is 3.61. The Kier molecular flexibility index (Phi) is 7.17. The van der Waals surface area contributed by atoms with Gasteiger partial charge < -0.3 is 15.2 Å². The van der Waals surface area contributed by atoms with Gasteiger partial charge in [0.2, 0.25) is 5.91 Å². The monoisotopic (exact) mass is 433 g/mol. The number of amides is 2. The maximum absolute atomic E-state index is 12.4. The molecule has 0 saturated heterocycles. The largest absolute Gasteiger partial charge is 0.506 e. The van der Waals surface area contributed by atoms with Gasteiger partial charge in [-0.25, -0.2) is 10.2 Å². The lowest BCUT2D eigenvalue weighted by Gasteiger charge is -2.08. The molecule has 0 heterocycles. The van der Waals surface area contributed by atoms with Gasteiger partial charge in [-0.3, -0.25) is 9.59 Å². The van der Waals surface area contributed by atoms with Crippen LogP contribution in [0.3, 0.4) is 0 Å². The minimum absolute atomic E-state index is 0.0520. The molecule has 0 aliphatic heterocycles. The van der Waals surface area contributed by atoms with Crippen molar-refractivity contribution < 1.29 is 24.2 Å². The summed E-state index contributed by atoms with van der Waals surface area (Å²) in [4.78, 5) is 36.3. The van der Waals surface area contributed by atoms with Gasteiger partial charge in [-0.05, 0) is 49.6 Å². The molecule has 8 heteroatoms. The van der Waals surface area contributed by atoms with Crippen molar-refractivity contribution in [3.63, 3.8) is 0 Å². The van der Waals surface area contributed by atoms with Crippen molar-refractivity contribution in [3.8, 4) is 5.75 Å². The number of rotatable bonds is 7. The molecule has 0 fully saturated rings. The van der Waals surface area contributed by atoms with Crippen LogP contribution in [0.4, 0.5) is 5.69 Å². The van der Waals surface area contributed by atoms with Gasteiger partial charge in [0.1, 0.15) is 5.75 Å². The van der Waals surface area contributed by atoms with Crippen molar-refractivity contribution in [2.45, 2.75) is 20.3 Å². The van der Waals surface area contributed by atoms with Crippen LogP contribution in [0.5, 0.6) is 5.75 Å². The summed E-state index contributed by atoms with van der Waals surface area (Å²) in [6.07, 6.45) is -0.0520. The topological polar surface area (TPSA) is 117 Å². The van der Waals surface area contributed by atoms with Crippen LogP contribution in [0, 0.1) is 0 Å². The zero-order valence-corrected chi connectivity index (χ0v) is 17.7. The van der Waals surface area contributed by atoms with Crippen molar-refractivity contribution in [1.82, 2.24) is 5.43 Å². The number of hydrogen-bond acceptors (Lipinski definition) is 6. The van der Waals surface area contributed by atoms with Crippen LogP contribution in [0.15, 0.2) is 65.8 Å². The van der Waals surface area contributed by atoms with Gasteiger partial charge in [-0.1, -0.05) is 30.3 Å². The first-order valence-corrected chi connectivity index (χ1v) is 10.00. The molecule has 3 N–H and O–H groups in total. The third-order valence-electron chi connectivity index (χ3n) is 4.59. The van der Waals surface area contributed by atoms with Crippen LogP contribution >= 0.6 is 0 Å². The smallest absolute Gasteiger partial charge is 0.338 e. The molecule has 3 aromatic rings. The highest BCUT2D eigenvalue weighted by molar-refractivity contribution is 6.07. The molecule has 3 aromatic carbocycles. The lowest BCUT2D eigenvalue weighted by Crippen LogP contribution is -2.21. The van der Waals surface area contributed by atoms with Crippen LogP contribution < -0.4 is 10.7 Å². The number of fused-ring (bicyclic) bond motifs is 1. The number of hydrazone groups is 1. The van der Waals surface area contributed by atoms with E-state index in [1.54, 1.807) is 56.3 Å². The van der Waals surface area contributed by atoms with E-state index in [4.69, 9.17) is 4.74 Å². The number of carbonyl (C=O) groups is 3. The fourth-order valence-electron chi connectivity index (χ4n) is 3.03. The average Bonchev–Trinajstić information content (AvgIpc) is 2.78. The standard InChI is InChI=1S/C24H23N3O5/c1-3-32-24(31)17-8-11-18(12-9-17)25-21(28)14-15(2)26-27-23(30)20-13-10-16-6-4-5-7-19(16)22(20)29/h4-13,29H,3,14H2,1-2H3,(H,25,28)(H,27,30)/b26-15-. The molecule has 32 heavy (non-hydrogen) atoms. The minimum Gasteiger partial charge on any atom is -0.506 e. The molecular weight excluding hydrogens is 410 g/mol. The predicted octanol–water partition coefficient (Wildman–Crippen LogP) is 3.86. The third kappa shape index (κ3) is 5.48. The molecule has 0 aliphatic rings. The molecule has 0 saturated carbocycles. The van der Waals surface area contributed by atoms with Gasteiger partial charge in [-0.15, -0.1) is 0 Å². The fraction of sp³-hybridized carbons (Fsp3) is 0.167. The number of carbonyl (C=O) groups excluding carboxylic acids is 3. The van der Waals surface area contributed by atoms with Crippen molar-refractivity contribution >= 4 is 40.0 Å². The Bertz CT molecular complexity index is 1190. The lowest BCUT2D eigenvalue weighted by atomic mass is 10.1. The van der Waals surface area contributed by atoms with E-state index >= 15 is 0 Å². The molecule has 0 unspecified atom stereocenters. The number of nitrogens with zero attached hydrogens (tertiary/aromatic N) is 1. The molecule has 0 aromatic heterocycles. The quantitative estimate of drug-likeness (QED) is 0.297. The van der Waals surface area contributed by atoms with Crippen LogP contribution in [0.1, 0.15) is 41.0 Å². The maximum Gasteiger partial charge on any atom is 0.338 e. The Morgan fingerprint density at radius 3 is 2.44 bits per heavy atom. The molecule has 0 bridgehead atoms. The highest BCUT2D eigenvalue weighted by Crippen LogP contribution is 2.28. The Morgan fingerprint density at radius 1 is 1.00 bits per heavy atom. The second kappa shape index (κ2) is 10.2. The summed E-state index contributed by atoms with van der Waals surface area (Å²) in [7, 11) is 0. The number of phenols is 1. The molecule has 0 spiro atoms. The number of aromatic hydroxyl groups is 1. The number of nitrogens with one attached hydrogen (secondary N) is 2. The van der Waals surface area contributed by atoms with Crippen LogP contribution in [0.25, 0.3) is 10.8 Å². The molecule has 3 rings (SSSR count). The Hall–Kier alpha value is -4.20. The average molecular weight is 433 g/mol. The van der Waals surface area contributed by atoms with Gasteiger partial charge >= 0.3 is 5.97 Å². The number of phenolic OH excluding ortho intramolecular Hbond substituents is 1. The van der Waals surface area contributed by atoms with Crippen molar-refractivity contribution in [1.29, 1.82) is 0 Å². The first kappa shape index (κ1) is 22.5. The highest BCUT2D eigenvalue weighted by atomic mass is 16.5. The summed E-state index contributed by atoms with van der Waals surface area (Å²) in [5, 5.41) is 18.4. The Labute approximate surface area is 184 Å². The molecule has 0 radical (unpaired) electrons. The van der Waals surface area contributed by atoms with E-state index in [1.165, 1.54) is 6.07 Å². The maximum atomic E-state index is 12.4. The Balaban J connectivity index is 1.57. The number of ether oxygens (including phenoxy) is 1. The molecule has 8 nitrogen and oxygen atoms in total. The van der Waals surface area contributed by atoms with E-state index in [9.17, 15) is 19.5 Å². The third-order valence-corrected chi connectivity index (χ3v) is 4.59. The van der Waals surface area contributed by atoms with E-state index in [-0.39, 0.29) is 30.2 Å². The van der Waals surface area contributed by atoms with Crippen molar-refractivity contribution in [3.05, 3.63) is 71.8 Å². The highest BCUT2D eigenvalue weighted by Gasteiger charge is 2.14. The van der Waals surface area contributed by atoms with Gasteiger partial charge in [0.15, 0.2) is 0 Å². The number of hydrogen-bond donors (Lipinski definition) is 3. The van der Waals surface area contributed by atoms with E-state index in [0.717, 1.165) is 5.39 Å². The van der Waals surface area contributed by atoms with Gasteiger partial charge in [0.25, 0.3) is 5.91 Å². The Morgan fingerprint density at radius 2 is 1.72 bits per heavy atom.